The lowest BCUT2D eigenvalue weighted by Gasteiger charge is -2.58. The van der Waals surface area contributed by atoms with Gasteiger partial charge in [-0.05, 0) is 49.9 Å². The number of carbonyl (C=O) groups excluding carboxylic acids is 1. The predicted molar refractivity (Wildman–Crippen MR) is 110 cm³/mol. The minimum Gasteiger partial charge on any atom is -0.390 e. The van der Waals surface area contributed by atoms with Gasteiger partial charge in [-0.1, -0.05) is 17.3 Å². The minimum absolute atomic E-state index is 0.0636. The predicted octanol–water partition coefficient (Wildman–Crippen LogP) is 2.41. The van der Waals surface area contributed by atoms with Crippen molar-refractivity contribution in [2.24, 2.45) is 17.8 Å². The highest BCUT2D eigenvalue weighted by molar-refractivity contribution is 5.90. The normalized spacial score (nSPS) is 33.0. The van der Waals surface area contributed by atoms with Crippen LogP contribution in [-0.4, -0.2) is 44.8 Å². The molecule has 3 N–H and O–H groups in total. The molecule has 4 saturated carbocycles. The number of allylic oxidation sites excluding steroid dienone is 1. The van der Waals surface area contributed by atoms with E-state index in [9.17, 15) is 9.90 Å². The van der Waals surface area contributed by atoms with Gasteiger partial charge < -0.3 is 20.3 Å². The Balaban J connectivity index is 1.39. The average Bonchev–Trinajstić information content (AvgIpc) is 3.38. The maximum absolute atomic E-state index is 11.9. The number of fused-ring (bicyclic) bond motifs is 1. The maximum atomic E-state index is 11.9. The van der Waals surface area contributed by atoms with Gasteiger partial charge in [0.2, 0.25) is 5.82 Å². The van der Waals surface area contributed by atoms with Crippen molar-refractivity contribution in [2.75, 3.05) is 12.4 Å². The lowest BCUT2D eigenvalue weighted by molar-refractivity contribution is -0.129. The molecule has 5 aliphatic carbocycles. The smallest absolute Gasteiger partial charge is 0.316 e. The Morgan fingerprint density at radius 3 is 2.80 bits per heavy atom. The molecule has 5 aliphatic rings. The molecule has 8 nitrogen and oxygen atoms in total. The van der Waals surface area contributed by atoms with Gasteiger partial charge in [-0.15, -0.1) is 0 Å². The van der Waals surface area contributed by atoms with E-state index < -0.39 is 11.5 Å². The molecule has 2 aromatic heterocycles. The summed E-state index contributed by atoms with van der Waals surface area (Å²) in [5.74, 6) is 1.47. The fraction of sp³-hybridized carbons (Fsp3) is 0.545. The van der Waals surface area contributed by atoms with Gasteiger partial charge in [-0.2, -0.15) is 4.98 Å². The highest BCUT2D eigenvalue weighted by atomic mass is 16.5. The zero-order valence-corrected chi connectivity index (χ0v) is 16.9. The van der Waals surface area contributed by atoms with Gasteiger partial charge in [0.15, 0.2) is 0 Å². The molecule has 30 heavy (non-hydrogen) atoms. The number of hydrogen-bond acceptors (Lipinski definition) is 7. The molecule has 5 atom stereocenters. The van der Waals surface area contributed by atoms with Crippen LogP contribution >= 0.6 is 0 Å². The van der Waals surface area contributed by atoms with E-state index in [-0.39, 0.29) is 5.89 Å². The molecule has 0 aliphatic heterocycles. The first kappa shape index (κ1) is 18.1. The van der Waals surface area contributed by atoms with Crippen molar-refractivity contribution >= 4 is 17.7 Å². The van der Waals surface area contributed by atoms with Crippen molar-refractivity contribution in [3.8, 4) is 11.4 Å². The average molecular weight is 407 g/mol. The molecular formula is C22H25N5O3. The molecule has 3 unspecified atom stereocenters. The summed E-state index contributed by atoms with van der Waals surface area (Å²) in [7, 11) is 1.53. The number of rotatable bonds is 4. The number of hydrogen-bond donors (Lipinski definition) is 3. The summed E-state index contributed by atoms with van der Waals surface area (Å²) in [6.45, 7) is 0. The third kappa shape index (κ3) is 2.70. The van der Waals surface area contributed by atoms with Crippen LogP contribution in [0.3, 0.4) is 0 Å². The molecule has 0 saturated heterocycles. The Morgan fingerprint density at radius 1 is 1.27 bits per heavy atom. The Morgan fingerprint density at radius 2 is 2.07 bits per heavy atom. The van der Waals surface area contributed by atoms with E-state index >= 15 is 0 Å². The second-order valence-corrected chi connectivity index (χ2v) is 9.38. The minimum atomic E-state index is -0.465. The lowest BCUT2D eigenvalue weighted by Crippen LogP contribution is -2.59. The third-order valence-corrected chi connectivity index (χ3v) is 7.43. The van der Waals surface area contributed by atoms with Crippen LogP contribution in [0.2, 0.25) is 0 Å². The van der Waals surface area contributed by atoms with Gasteiger partial charge in [-0.25, -0.2) is 0 Å². The Hall–Kier alpha value is -2.74. The van der Waals surface area contributed by atoms with Crippen LogP contribution in [0.1, 0.15) is 54.0 Å². The second kappa shape index (κ2) is 6.38. The van der Waals surface area contributed by atoms with Crippen LogP contribution in [0.25, 0.3) is 17.5 Å². The lowest BCUT2D eigenvalue weighted by atomic mass is 9.52. The van der Waals surface area contributed by atoms with Gasteiger partial charge >= 0.3 is 11.8 Å². The molecule has 8 heteroatoms. The molecule has 1 amide bonds. The van der Waals surface area contributed by atoms with Gasteiger partial charge in [-0.3, -0.25) is 9.78 Å². The van der Waals surface area contributed by atoms with Crippen molar-refractivity contribution in [1.82, 2.24) is 20.4 Å². The van der Waals surface area contributed by atoms with E-state index in [1.165, 1.54) is 19.9 Å². The molecule has 4 bridgehead atoms. The van der Waals surface area contributed by atoms with E-state index in [2.05, 4.69) is 37.9 Å². The number of aromatic nitrogens is 3. The van der Waals surface area contributed by atoms with Crippen LogP contribution in [-0.2, 0) is 6.42 Å². The summed E-state index contributed by atoms with van der Waals surface area (Å²) in [6.07, 6.45) is 11.9. The Kier molecular flexibility index (Phi) is 3.84. The molecule has 0 spiro atoms. The van der Waals surface area contributed by atoms with Gasteiger partial charge in [0, 0.05) is 31.3 Å². The van der Waals surface area contributed by atoms with Gasteiger partial charge in [0.1, 0.15) is 0 Å². The number of nitrogens with one attached hydrogen (secondary N) is 2. The molecule has 0 radical (unpaired) electrons. The number of pyridine rings is 1. The summed E-state index contributed by atoms with van der Waals surface area (Å²) in [5.41, 5.74) is 3.33. The summed E-state index contributed by atoms with van der Waals surface area (Å²) in [4.78, 5) is 20.8. The molecule has 2 aromatic rings. The monoisotopic (exact) mass is 407 g/mol. The number of aliphatic hydroxyl groups is 1. The highest BCUT2D eigenvalue weighted by Gasteiger charge is 2.54. The quantitative estimate of drug-likeness (QED) is 0.713. The topological polar surface area (TPSA) is 113 Å². The third-order valence-electron chi connectivity index (χ3n) is 7.43. The molecule has 2 heterocycles. The van der Waals surface area contributed by atoms with Crippen molar-refractivity contribution in [2.45, 2.75) is 50.2 Å². The molecule has 156 valence electrons. The largest absolute Gasteiger partial charge is 0.390 e. The summed E-state index contributed by atoms with van der Waals surface area (Å²) in [5, 5.41) is 21.3. The Bertz CT molecular complexity index is 1050. The van der Waals surface area contributed by atoms with E-state index in [0.717, 1.165) is 48.2 Å². The van der Waals surface area contributed by atoms with Crippen LogP contribution < -0.4 is 10.6 Å². The van der Waals surface area contributed by atoms with E-state index in [1.807, 2.05) is 0 Å². The van der Waals surface area contributed by atoms with Crippen LogP contribution in [0.4, 0.5) is 5.69 Å². The van der Waals surface area contributed by atoms with Gasteiger partial charge in [0.05, 0.1) is 22.5 Å². The number of nitrogens with zero attached hydrogens (tertiary/aromatic N) is 3. The molecule has 0 aromatic carbocycles. The zero-order chi connectivity index (χ0) is 20.5. The van der Waals surface area contributed by atoms with Crippen molar-refractivity contribution in [3.63, 3.8) is 0 Å². The van der Waals surface area contributed by atoms with Crippen molar-refractivity contribution < 1.29 is 14.4 Å². The SMILES string of the molecule is CNC(=O)c1nc(-c2cnc3c(c2NC2[C@@H]4CC5C[C@H]2CC(O)(C5)C4)C=CC3)no1. The molecule has 7 rings (SSSR count). The second-order valence-electron chi connectivity index (χ2n) is 9.38. The first-order valence-electron chi connectivity index (χ1n) is 10.8. The van der Waals surface area contributed by atoms with E-state index in [0.29, 0.717) is 29.6 Å². The number of anilines is 1. The fourth-order valence-corrected chi connectivity index (χ4v) is 6.44. The van der Waals surface area contributed by atoms with Crippen molar-refractivity contribution in [1.29, 1.82) is 0 Å². The maximum Gasteiger partial charge on any atom is 0.316 e. The van der Waals surface area contributed by atoms with E-state index in [1.54, 1.807) is 6.20 Å². The zero-order valence-electron chi connectivity index (χ0n) is 16.9. The van der Waals surface area contributed by atoms with Gasteiger partial charge in [0.25, 0.3) is 0 Å². The number of carbonyl (C=O) groups is 1. The summed E-state index contributed by atoms with van der Waals surface area (Å²) >= 11 is 0. The van der Waals surface area contributed by atoms with Crippen molar-refractivity contribution in [3.05, 3.63) is 29.4 Å². The number of amides is 1. The Labute approximate surface area is 174 Å². The molecular weight excluding hydrogens is 382 g/mol. The first-order valence-corrected chi connectivity index (χ1v) is 10.8. The summed E-state index contributed by atoms with van der Waals surface area (Å²) in [6, 6.07) is 0.311. The highest BCUT2D eigenvalue weighted by Crippen LogP contribution is 2.56. The first-order chi connectivity index (χ1) is 14.5. The van der Waals surface area contributed by atoms with E-state index in [4.69, 9.17) is 4.52 Å². The standard InChI is InChI=1S/C22H25N5O3/c1-23-20(28)21-26-19(27-30-21)15-10-24-16-4-2-3-14(16)18(15)25-17-12-5-11-6-13(17)9-22(29,7-11)8-12/h2-3,10-13,17,29H,4-9H2,1H3,(H,23,28)(H,24,25)/t11?,12-,13+,17?,22?. The fourth-order valence-electron chi connectivity index (χ4n) is 6.44. The summed E-state index contributed by atoms with van der Waals surface area (Å²) < 4.78 is 5.16. The molecule has 4 fully saturated rings. The van der Waals surface area contributed by atoms with Crippen LogP contribution in [0.15, 0.2) is 16.8 Å². The van der Waals surface area contributed by atoms with Crippen LogP contribution in [0, 0.1) is 17.8 Å². The van der Waals surface area contributed by atoms with Crippen LogP contribution in [0.5, 0.6) is 0 Å².